The lowest BCUT2D eigenvalue weighted by molar-refractivity contribution is -0.139. The van der Waals surface area contributed by atoms with Gasteiger partial charge in [-0.05, 0) is 87.6 Å². The molecule has 0 aromatic heterocycles. The fourth-order valence-corrected chi connectivity index (χ4v) is 5.11. The molecular formula is C31H32N2O5. The van der Waals surface area contributed by atoms with E-state index in [1.54, 1.807) is 11.0 Å². The summed E-state index contributed by atoms with van der Waals surface area (Å²) in [5.41, 5.74) is 2.25. The summed E-state index contributed by atoms with van der Waals surface area (Å²) in [6, 6.07) is 21.4. The summed E-state index contributed by atoms with van der Waals surface area (Å²) in [5.74, 6) is 0.566. The molecule has 1 saturated heterocycles. The van der Waals surface area contributed by atoms with Crippen LogP contribution >= 0.6 is 0 Å². The van der Waals surface area contributed by atoms with E-state index in [1.807, 2.05) is 92.6 Å². The summed E-state index contributed by atoms with van der Waals surface area (Å²) in [6.07, 6.45) is 1.46. The molecule has 2 aliphatic heterocycles. The summed E-state index contributed by atoms with van der Waals surface area (Å²) in [7, 11) is 3.93. The molecule has 38 heavy (non-hydrogen) atoms. The minimum Gasteiger partial charge on any atom is -0.507 e. The molecule has 2 atom stereocenters. The van der Waals surface area contributed by atoms with Gasteiger partial charge < -0.3 is 24.4 Å². The fourth-order valence-electron chi connectivity index (χ4n) is 5.11. The Labute approximate surface area is 222 Å². The Bertz CT molecular complexity index is 1380. The Hall–Kier alpha value is -4.10. The maximum atomic E-state index is 13.4. The first-order valence-electron chi connectivity index (χ1n) is 12.9. The SMILES string of the molecule is C[C@@H]1Cc2cc(C(O)=C3C(=O)C(=O)N(CCCN(C)C)[C@H]3c3cccc(Oc4ccccc4)c3)ccc2O1. The zero-order valence-electron chi connectivity index (χ0n) is 21.9. The van der Waals surface area contributed by atoms with Crippen molar-refractivity contribution in [3.63, 3.8) is 0 Å². The average Bonchev–Trinajstić information content (AvgIpc) is 3.40. The van der Waals surface area contributed by atoms with Crippen LogP contribution in [0.15, 0.2) is 78.4 Å². The van der Waals surface area contributed by atoms with Crippen LogP contribution in [-0.2, 0) is 16.0 Å². The van der Waals surface area contributed by atoms with E-state index in [1.165, 1.54) is 0 Å². The number of fused-ring (bicyclic) bond motifs is 1. The lowest BCUT2D eigenvalue weighted by Crippen LogP contribution is -2.32. The number of ether oxygens (including phenoxy) is 2. The molecule has 5 rings (SSSR count). The number of amides is 1. The zero-order chi connectivity index (χ0) is 26.8. The second-order valence-corrected chi connectivity index (χ2v) is 10.1. The maximum Gasteiger partial charge on any atom is 0.295 e. The van der Waals surface area contributed by atoms with Gasteiger partial charge >= 0.3 is 0 Å². The second kappa shape index (κ2) is 10.7. The third-order valence-electron chi connectivity index (χ3n) is 6.87. The molecule has 3 aromatic rings. The standard InChI is InChI=1S/C31H32N2O5/c1-20-17-23-18-22(13-14-26(23)37-20)29(34)27-28(33(31(36)30(27)35)16-8-15-32(2)3)21-9-7-12-25(19-21)38-24-10-5-4-6-11-24/h4-7,9-14,18-20,28,34H,8,15-17H2,1-3H3/t20-,28+/m1/s1. The summed E-state index contributed by atoms with van der Waals surface area (Å²) in [4.78, 5) is 30.3. The monoisotopic (exact) mass is 512 g/mol. The largest absolute Gasteiger partial charge is 0.507 e. The highest BCUT2D eigenvalue weighted by Crippen LogP contribution is 2.41. The summed E-state index contributed by atoms with van der Waals surface area (Å²) < 4.78 is 11.8. The first-order valence-corrected chi connectivity index (χ1v) is 12.9. The Kier molecular flexibility index (Phi) is 7.20. The minimum atomic E-state index is -0.736. The van der Waals surface area contributed by atoms with E-state index in [0.29, 0.717) is 35.6 Å². The van der Waals surface area contributed by atoms with Crippen molar-refractivity contribution >= 4 is 17.4 Å². The van der Waals surface area contributed by atoms with Gasteiger partial charge in [0.15, 0.2) is 0 Å². The zero-order valence-corrected chi connectivity index (χ0v) is 21.9. The second-order valence-electron chi connectivity index (χ2n) is 10.1. The number of carbonyl (C=O) groups is 2. The number of likely N-dealkylation sites (tertiary alicyclic amines) is 1. The van der Waals surface area contributed by atoms with E-state index in [9.17, 15) is 14.7 Å². The van der Waals surface area contributed by atoms with Gasteiger partial charge in [-0.2, -0.15) is 0 Å². The van der Waals surface area contributed by atoms with Crippen molar-refractivity contribution in [1.29, 1.82) is 0 Å². The highest BCUT2D eigenvalue weighted by atomic mass is 16.5. The van der Waals surface area contributed by atoms with Gasteiger partial charge in [0.1, 0.15) is 29.1 Å². The number of ketones is 1. The van der Waals surface area contributed by atoms with Crippen LogP contribution in [0.1, 0.15) is 36.1 Å². The molecule has 3 aromatic carbocycles. The predicted octanol–water partition coefficient (Wildman–Crippen LogP) is 5.18. The fraction of sp³-hybridized carbons (Fsp3) is 0.290. The van der Waals surface area contributed by atoms with Gasteiger partial charge in [0, 0.05) is 18.5 Å². The average molecular weight is 513 g/mol. The Balaban J connectivity index is 1.56. The molecule has 1 amide bonds. The van der Waals surface area contributed by atoms with Crippen LogP contribution in [0.25, 0.3) is 5.76 Å². The molecule has 0 saturated carbocycles. The van der Waals surface area contributed by atoms with E-state index in [0.717, 1.165) is 24.3 Å². The highest BCUT2D eigenvalue weighted by Gasteiger charge is 2.46. The molecule has 7 heteroatoms. The third kappa shape index (κ3) is 5.15. The smallest absolute Gasteiger partial charge is 0.295 e. The van der Waals surface area contributed by atoms with Gasteiger partial charge in [0.05, 0.1) is 11.6 Å². The van der Waals surface area contributed by atoms with Crippen LogP contribution in [0.4, 0.5) is 0 Å². The first kappa shape index (κ1) is 25.5. The maximum absolute atomic E-state index is 13.4. The van der Waals surface area contributed by atoms with E-state index in [2.05, 4.69) is 0 Å². The van der Waals surface area contributed by atoms with Crippen LogP contribution in [-0.4, -0.2) is 59.9 Å². The molecule has 0 bridgehead atoms. The highest BCUT2D eigenvalue weighted by molar-refractivity contribution is 6.46. The number of hydrogen-bond acceptors (Lipinski definition) is 6. The van der Waals surface area contributed by atoms with E-state index < -0.39 is 17.7 Å². The van der Waals surface area contributed by atoms with Crippen molar-refractivity contribution in [3.8, 4) is 17.2 Å². The van der Waals surface area contributed by atoms with Gasteiger partial charge in [-0.15, -0.1) is 0 Å². The lowest BCUT2D eigenvalue weighted by atomic mass is 9.94. The van der Waals surface area contributed by atoms with Crippen LogP contribution < -0.4 is 9.47 Å². The molecule has 7 nitrogen and oxygen atoms in total. The van der Waals surface area contributed by atoms with Crippen molar-refractivity contribution in [1.82, 2.24) is 9.80 Å². The van der Waals surface area contributed by atoms with Crippen molar-refractivity contribution < 1.29 is 24.2 Å². The molecule has 1 N–H and O–H groups in total. The van der Waals surface area contributed by atoms with Crippen molar-refractivity contribution in [2.45, 2.75) is 31.9 Å². The van der Waals surface area contributed by atoms with Gasteiger partial charge in [-0.25, -0.2) is 0 Å². The Morgan fingerprint density at radius 3 is 2.55 bits per heavy atom. The minimum absolute atomic E-state index is 0.0528. The third-order valence-corrected chi connectivity index (χ3v) is 6.87. The molecule has 0 spiro atoms. The normalized spacial score (nSPS) is 20.1. The number of nitrogens with zero attached hydrogens (tertiary/aromatic N) is 2. The molecule has 2 heterocycles. The van der Waals surface area contributed by atoms with E-state index in [4.69, 9.17) is 9.47 Å². The molecule has 0 unspecified atom stereocenters. The van der Waals surface area contributed by atoms with Crippen LogP contribution in [0.3, 0.4) is 0 Å². The van der Waals surface area contributed by atoms with E-state index >= 15 is 0 Å². The van der Waals surface area contributed by atoms with Gasteiger partial charge in [0.25, 0.3) is 11.7 Å². The predicted molar refractivity (Wildman–Crippen MR) is 145 cm³/mol. The number of rotatable bonds is 8. The number of para-hydroxylation sites is 1. The summed E-state index contributed by atoms with van der Waals surface area (Å²) >= 11 is 0. The molecule has 0 aliphatic carbocycles. The van der Waals surface area contributed by atoms with Gasteiger partial charge in [0.2, 0.25) is 0 Å². The Morgan fingerprint density at radius 2 is 1.79 bits per heavy atom. The van der Waals surface area contributed by atoms with Gasteiger partial charge in [-0.1, -0.05) is 30.3 Å². The molecular weight excluding hydrogens is 480 g/mol. The number of Topliss-reactive ketones (excluding diaryl/α,β-unsaturated/α-hetero) is 1. The summed E-state index contributed by atoms with van der Waals surface area (Å²) in [5, 5.41) is 11.5. The topological polar surface area (TPSA) is 79.3 Å². The van der Waals surface area contributed by atoms with Crippen LogP contribution in [0.5, 0.6) is 17.2 Å². The van der Waals surface area contributed by atoms with Crippen LogP contribution in [0.2, 0.25) is 0 Å². The molecule has 196 valence electrons. The van der Waals surface area contributed by atoms with Gasteiger partial charge in [-0.3, -0.25) is 9.59 Å². The number of hydrogen-bond donors (Lipinski definition) is 1. The quantitative estimate of drug-likeness (QED) is 0.255. The molecule has 2 aliphatic rings. The molecule has 0 radical (unpaired) electrons. The van der Waals surface area contributed by atoms with E-state index in [-0.39, 0.29) is 17.4 Å². The van der Waals surface area contributed by atoms with Crippen LogP contribution in [0, 0.1) is 0 Å². The van der Waals surface area contributed by atoms with Crippen molar-refractivity contribution in [3.05, 3.63) is 95.1 Å². The van der Waals surface area contributed by atoms with Crippen molar-refractivity contribution in [2.75, 3.05) is 27.2 Å². The first-order chi connectivity index (χ1) is 18.3. The number of aliphatic hydroxyl groups excluding tert-OH is 1. The lowest BCUT2D eigenvalue weighted by Gasteiger charge is -2.26. The Morgan fingerprint density at radius 1 is 1.03 bits per heavy atom. The number of aliphatic hydroxyl groups is 1. The molecule has 1 fully saturated rings. The number of carbonyl (C=O) groups excluding carboxylic acids is 2. The number of benzene rings is 3. The van der Waals surface area contributed by atoms with Crippen molar-refractivity contribution in [2.24, 2.45) is 0 Å². The summed E-state index contributed by atoms with van der Waals surface area (Å²) in [6.45, 7) is 3.13.